The van der Waals surface area contributed by atoms with Crippen LogP contribution >= 0.6 is 23.2 Å². The summed E-state index contributed by atoms with van der Waals surface area (Å²) in [6.45, 7) is 0. The third kappa shape index (κ3) is 4.68. The number of halogens is 2. The van der Waals surface area contributed by atoms with E-state index in [4.69, 9.17) is 33.0 Å². The van der Waals surface area contributed by atoms with Gasteiger partial charge in [0.2, 0.25) is 0 Å². The number of anilines is 1. The van der Waals surface area contributed by atoms with Crippen molar-refractivity contribution in [2.24, 2.45) is 0 Å². The van der Waals surface area contributed by atoms with Crippen LogP contribution in [-0.4, -0.2) is 33.0 Å². The van der Waals surface area contributed by atoms with E-state index in [1.807, 2.05) is 0 Å². The highest BCUT2D eigenvalue weighted by Crippen LogP contribution is 2.31. The number of para-hydroxylation sites is 2. The number of carbonyl (C=O) groups is 3. The van der Waals surface area contributed by atoms with E-state index < -0.39 is 23.4 Å². The quantitative estimate of drug-likeness (QED) is 0.462. The molecule has 0 unspecified atom stereocenters. The second-order valence-corrected chi connectivity index (χ2v) is 6.63. The predicted octanol–water partition coefficient (Wildman–Crippen LogP) is 4.83. The van der Waals surface area contributed by atoms with Gasteiger partial charge in [0.25, 0.3) is 5.91 Å². The zero-order chi connectivity index (χ0) is 21.8. The molecule has 3 N–H and O–H groups in total. The average Bonchev–Trinajstić information content (AvgIpc) is 2.71. The summed E-state index contributed by atoms with van der Waals surface area (Å²) in [6.07, 6.45) is 1.26. The lowest BCUT2D eigenvalue weighted by Crippen LogP contribution is -2.13. The number of nitrogens with one attached hydrogen (secondary N) is 1. The number of benzene rings is 2. The van der Waals surface area contributed by atoms with E-state index >= 15 is 0 Å². The zero-order valence-electron chi connectivity index (χ0n) is 14.9. The summed E-state index contributed by atoms with van der Waals surface area (Å²) < 4.78 is 5.68. The Morgan fingerprint density at radius 1 is 0.933 bits per heavy atom. The minimum atomic E-state index is -1.41. The Labute approximate surface area is 179 Å². The molecule has 0 radical (unpaired) electrons. The second kappa shape index (κ2) is 8.81. The first kappa shape index (κ1) is 21.1. The summed E-state index contributed by atoms with van der Waals surface area (Å²) in [4.78, 5) is 38.8. The van der Waals surface area contributed by atoms with Gasteiger partial charge in [-0.1, -0.05) is 35.3 Å². The van der Waals surface area contributed by atoms with Crippen molar-refractivity contribution in [1.82, 2.24) is 4.98 Å². The van der Waals surface area contributed by atoms with Gasteiger partial charge in [0.1, 0.15) is 10.9 Å². The van der Waals surface area contributed by atoms with Crippen molar-refractivity contribution in [1.29, 1.82) is 0 Å². The summed E-state index contributed by atoms with van der Waals surface area (Å²) in [6, 6.07) is 11.3. The Balaban J connectivity index is 1.88. The number of amides is 1. The van der Waals surface area contributed by atoms with E-state index in [2.05, 4.69) is 10.3 Å². The largest absolute Gasteiger partial charge is 0.478 e. The molecule has 8 nitrogen and oxygen atoms in total. The summed E-state index contributed by atoms with van der Waals surface area (Å²) in [5.41, 5.74) is -0.349. The van der Waals surface area contributed by atoms with Crippen LogP contribution in [-0.2, 0) is 0 Å². The number of ether oxygens (including phenoxy) is 1. The third-order valence-electron chi connectivity index (χ3n) is 3.87. The number of hydrogen-bond acceptors (Lipinski definition) is 5. The highest BCUT2D eigenvalue weighted by molar-refractivity contribution is 6.41. The van der Waals surface area contributed by atoms with Gasteiger partial charge >= 0.3 is 11.9 Å². The molecule has 1 amide bonds. The van der Waals surface area contributed by atoms with Gasteiger partial charge in [-0.05, 0) is 36.4 Å². The molecule has 0 saturated carbocycles. The maximum Gasteiger partial charge on any atom is 0.336 e. The normalized spacial score (nSPS) is 10.3. The molecule has 0 atom stereocenters. The number of carboxylic acids is 2. The molecule has 0 aliphatic heterocycles. The lowest BCUT2D eigenvalue weighted by Gasteiger charge is -2.13. The number of hydrogen-bond donors (Lipinski definition) is 3. The van der Waals surface area contributed by atoms with Crippen LogP contribution in [0.4, 0.5) is 5.69 Å². The summed E-state index contributed by atoms with van der Waals surface area (Å²) >= 11 is 11.6. The van der Waals surface area contributed by atoms with Crippen LogP contribution in [0.25, 0.3) is 0 Å². The van der Waals surface area contributed by atoms with Crippen LogP contribution in [0.3, 0.4) is 0 Å². The topological polar surface area (TPSA) is 126 Å². The number of pyridine rings is 1. The van der Waals surface area contributed by atoms with Crippen LogP contribution in [0.5, 0.6) is 11.5 Å². The Morgan fingerprint density at radius 2 is 1.63 bits per heavy atom. The fourth-order valence-electron chi connectivity index (χ4n) is 2.48. The molecule has 3 rings (SSSR count). The molecule has 152 valence electrons. The Morgan fingerprint density at radius 3 is 2.30 bits per heavy atom. The minimum absolute atomic E-state index is 0.0657. The van der Waals surface area contributed by atoms with Crippen LogP contribution in [0.2, 0.25) is 10.2 Å². The molecular weight excluding hydrogens is 435 g/mol. The first-order chi connectivity index (χ1) is 14.3. The number of rotatable bonds is 6. The molecule has 2 aromatic carbocycles. The smallest absolute Gasteiger partial charge is 0.336 e. The molecule has 0 bridgehead atoms. The molecule has 1 heterocycles. The molecule has 3 aromatic rings. The van der Waals surface area contributed by atoms with Crippen molar-refractivity contribution in [2.45, 2.75) is 0 Å². The van der Waals surface area contributed by atoms with E-state index in [0.29, 0.717) is 0 Å². The van der Waals surface area contributed by atoms with Crippen molar-refractivity contribution < 1.29 is 29.3 Å². The summed E-state index contributed by atoms with van der Waals surface area (Å²) in [7, 11) is 0. The van der Waals surface area contributed by atoms with Gasteiger partial charge in [0, 0.05) is 6.20 Å². The van der Waals surface area contributed by atoms with Gasteiger partial charge in [-0.3, -0.25) is 4.79 Å². The van der Waals surface area contributed by atoms with Crippen LogP contribution < -0.4 is 10.1 Å². The van der Waals surface area contributed by atoms with E-state index in [-0.39, 0.29) is 38.5 Å². The highest BCUT2D eigenvalue weighted by Gasteiger charge is 2.18. The lowest BCUT2D eigenvalue weighted by molar-refractivity contribution is 0.0651. The highest BCUT2D eigenvalue weighted by atomic mass is 35.5. The number of carboxylic acid groups (broad SMARTS) is 2. The standard InChI is InChI=1S/C20H12Cl2N2O6/c21-14-7-10(9-23-17(14)22)18(25)24-15-3-1-2-4-16(15)30-11-5-6-12(19(26)27)13(8-11)20(28)29/h1-9H,(H,24,25)(H,26,27)(H,28,29). The summed E-state index contributed by atoms with van der Waals surface area (Å²) in [5.74, 6) is -3.02. The van der Waals surface area contributed by atoms with Gasteiger partial charge in [-0.2, -0.15) is 0 Å². The van der Waals surface area contributed by atoms with Crippen molar-refractivity contribution in [2.75, 3.05) is 5.32 Å². The molecule has 0 aliphatic carbocycles. The first-order valence-corrected chi connectivity index (χ1v) is 9.01. The molecular formula is C20H12Cl2N2O6. The molecule has 30 heavy (non-hydrogen) atoms. The SMILES string of the molecule is O=C(Nc1ccccc1Oc1ccc(C(=O)O)c(C(=O)O)c1)c1cnc(Cl)c(Cl)c1. The number of nitrogens with zero attached hydrogens (tertiary/aromatic N) is 1. The van der Waals surface area contributed by atoms with Crippen molar-refractivity contribution >= 4 is 46.7 Å². The van der Waals surface area contributed by atoms with Crippen molar-refractivity contribution in [3.8, 4) is 11.5 Å². The fraction of sp³-hybridized carbons (Fsp3) is 0. The van der Waals surface area contributed by atoms with Crippen LogP contribution in [0, 0.1) is 0 Å². The van der Waals surface area contributed by atoms with Gasteiger partial charge in [-0.25, -0.2) is 14.6 Å². The van der Waals surface area contributed by atoms with Crippen LogP contribution in [0.15, 0.2) is 54.7 Å². The predicted molar refractivity (Wildman–Crippen MR) is 109 cm³/mol. The number of carbonyl (C=O) groups excluding carboxylic acids is 1. The maximum atomic E-state index is 12.5. The second-order valence-electron chi connectivity index (χ2n) is 5.87. The van der Waals surface area contributed by atoms with Gasteiger partial charge in [0.15, 0.2) is 5.75 Å². The van der Waals surface area contributed by atoms with Crippen LogP contribution in [0.1, 0.15) is 31.1 Å². The minimum Gasteiger partial charge on any atom is -0.478 e. The monoisotopic (exact) mass is 446 g/mol. The molecule has 0 fully saturated rings. The molecule has 10 heteroatoms. The van der Waals surface area contributed by atoms with Gasteiger partial charge in [-0.15, -0.1) is 0 Å². The third-order valence-corrected chi connectivity index (χ3v) is 4.56. The molecule has 0 spiro atoms. The Hall–Kier alpha value is -3.62. The molecule has 0 aliphatic rings. The van der Waals surface area contributed by atoms with Crippen molar-refractivity contribution in [3.05, 3.63) is 81.6 Å². The van der Waals surface area contributed by atoms with E-state index in [0.717, 1.165) is 12.1 Å². The first-order valence-electron chi connectivity index (χ1n) is 8.26. The fourth-order valence-corrected chi connectivity index (χ4v) is 2.75. The van der Waals surface area contributed by atoms with Crippen molar-refractivity contribution in [3.63, 3.8) is 0 Å². The zero-order valence-corrected chi connectivity index (χ0v) is 16.4. The summed E-state index contributed by atoms with van der Waals surface area (Å²) in [5, 5.41) is 21.2. The average molecular weight is 447 g/mol. The molecule has 1 aromatic heterocycles. The number of aromatic nitrogens is 1. The van der Waals surface area contributed by atoms with Gasteiger partial charge in [0.05, 0.1) is 27.4 Å². The van der Waals surface area contributed by atoms with E-state index in [9.17, 15) is 19.5 Å². The number of aromatic carboxylic acids is 2. The maximum absolute atomic E-state index is 12.5. The Bertz CT molecular complexity index is 1170. The van der Waals surface area contributed by atoms with E-state index in [1.165, 1.54) is 18.3 Å². The lowest BCUT2D eigenvalue weighted by atomic mass is 10.1. The Kier molecular flexibility index (Phi) is 6.20. The van der Waals surface area contributed by atoms with E-state index in [1.54, 1.807) is 24.3 Å². The molecule has 0 saturated heterocycles. The van der Waals surface area contributed by atoms with Gasteiger partial charge < -0.3 is 20.3 Å².